The zero-order valence-electron chi connectivity index (χ0n) is 25.7. The van der Waals surface area contributed by atoms with Crippen LogP contribution >= 0.6 is 11.3 Å². The van der Waals surface area contributed by atoms with Crippen LogP contribution in [0.25, 0.3) is 21.0 Å². The maximum absolute atomic E-state index is 13.6. The van der Waals surface area contributed by atoms with Crippen molar-refractivity contribution in [3.8, 4) is 33.0 Å². The number of thiazole rings is 1. The van der Waals surface area contributed by atoms with Gasteiger partial charge in [0, 0.05) is 48.4 Å². The van der Waals surface area contributed by atoms with Crippen LogP contribution in [0.3, 0.4) is 0 Å². The number of anilines is 1. The Bertz CT molecular complexity index is 1800. The largest absolute Gasteiger partial charge is 0.449 e. The Hall–Kier alpha value is -3.96. The summed E-state index contributed by atoms with van der Waals surface area (Å²) in [6, 6.07) is 13.1. The van der Waals surface area contributed by atoms with E-state index < -0.39 is 27.3 Å². The molecule has 14 heteroatoms. The summed E-state index contributed by atoms with van der Waals surface area (Å²) in [4.78, 5) is 25.6. The monoisotopic (exact) mass is 685 g/mol. The summed E-state index contributed by atoms with van der Waals surface area (Å²) in [5.41, 5.74) is 2.36. The molecular weight excluding hydrogens is 652 g/mol. The molecule has 2 aliphatic carbocycles. The van der Waals surface area contributed by atoms with Crippen LogP contribution in [0.2, 0.25) is 0 Å². The number of nitrogens with one attached hydrogen (secondary N) is 1. The quantitative estimate of drug-likeness (QED) is 0.270. The van der Waals surface area contributed by atoms with Crippen molar-refractivity contribution in [3.63, 3.8) is 0 Å². The first kappa shape index (κ1) is 33.0. The molecule has 0 unspecified atom stereocenters. The third-order valence-electron chi connectivity index (χ3n) is 9.01. The topological polar surface area (TPSA) is 125 Å². The molecule has 1 saturated heterocycles. The number of hydrogen-bond acceptors (Lipinski definition) is 9. The van der Waals surface area contributed by atoms with Gasteiger partial charge in [-0.2, -0.15) is 18.4 Å². The summed E-state index contributed by atoms with van der Waals surface area (Å²) in [5, 5.41) is 13.2. The van der Waals surface area contributed by atoms with Crippen LogP contribution in [-0.4, -0.2) is 60.6 Å². The van der Waals surface area contributed by atoms with E-state index in [0.29, 0.717) is 42.9 Å². The van der Waals surface area contributed by atoms with Crippen LogP contribution in [0.15, 0.2) is 54.4 Å². The molecule has 0 bridgehead atoms. The van der Waals surface area contributed by atoms with E-state index in [-0.39, 0.29) is 35.1 Å². The van der Waals surface area contributed by atoms with Crippen LogP contribution in [0.5, 0.6) is 5.88 Å². The minimum absolute atomic E-state index is 0.111. The Morgan fingerprint density at radius 1 is 1.11 bits per heavy atom. The first-order valence-corrected chi connectivity index (χ1v) is 18.2. The molecule has 248 valence electrons. The second-order valence-corrected chi connectivity index (χ2v) is 15.5. The molecule has 47 heavy (non-hydrogen) atoms. The number of halogens is 3. The van der Waals surface area contributed by atoms with E-state index in [0.717, 1.165) is 47.2 Å². The van der Waals surface area contributed by atoms with Crippen molar-refractivity contribution >= 4 is 32.8 Å². The number of sulfone groups is 1. The Balaban J connectivity index is 1.33. The van der Waals surface area contributed by atoms with Gasteiger partial charge in [-0.1, -0.05) is 25.0 Å². The summed E-state index contributed by atoms with van der Waals surface area (Å²) >= 11 is 1.41. The van der Waals surface area contributed by atoms with Crippen molar-refractivity contribution in [1.82, 2.24) is 15.3 Å². The summed E-state index contributed by atoms with van der Waals surface area (Å²) in [6.07, 6.45) is 2.10. The van der Waals surface area contributed by atoms with Gasteiger partial charge in [-0.15, -0.1) is 11.3 Å². The molecule has 3 aliphatic rings. The number of nitrogens with zero attached hydrogens (tertiary/aromatic N) is 4. The Morgan fingerprint density at radius 3 is 2.38 bits per heavy atom. The van der Waals surface area contributed by atoms with Gasteiger partial charge in [-0.25, -0.2) is 18.4 Å². The molecule has 2 aromatic heterocycles. The van der Waals surface area contributed by atoms with Crippen molar-refractivity contribution in [2.45, 2.75) is 63.1 Å². The number of ether oxygens (including phenoxy) is 1. The fourth-order valence-electron chi connectivity index (χ4n) is 6.16. The van der Waals surface area contributed by atoms with Crippen LogP contribution in [0.4, 0.5) is 18.9 Å². The highest BCUT2D eigenvalue weighted by Crippen LogP contribution is 2.47. The van der Waals surface area contributed by atoms with E-state index in [1.54, 1.807) is 6.07 Å². The number of rotatable bonds is 8. The van der Waals surface area contributed by atoms with Gasteiger partial charge in [-0.05, 0) is 62.4 Å². The molecule has 1 aromatic carbocycles. The lowest BCUT2D eigenvalue weighted by atomic mass is 9.76. The number of nitriles is 1. The van der Waals surface area contributed by atoms with Gasteiger partial charge < -0.3 is 15.0 Å². The minimum Gasteiger partial charge on any atom is -0.434 e. The molecule has 0 spiro atoms. The van der Waals surface area contributed by atoms with Gasteiger partial charge in [0.05, 0.1) is 28.1 Å². The molecule has 1 aliphatic heterocycles. The number of carbonyl (C=O) groups excluding carboxylic acids is 1. The molecule has 1 N–H and O–H groups in total. The predicted octanol–water partition coefficient (Wildman–Crippen LogP) is 6.40. The molecular formula is C33H34F3N5O4S2. The van der Waals surface area contributed by atoms with Gasteiger partial charge >= 0.3 is 6.18 Å². The lowest BCUT2D eigenvalue weighted by molar-refractivity contribution is -0.127. The minimum atomic E-state index is -4.65. The number of carbonyl (C=O) groups is 1. The van der Waals surface area contributed by atoms with E-state index in [4.69, 9.17) is 9.72 Å². The van der Waals surface area contributed by atoms with Crippen LogP contribution in [0, 0.1) is 17.2 Å². The Morgan fingerprint density at radius 2 is 1.79 bits per heavy atom. The molecule has 6 rings (SSSR count). The molecule has 2 atom stereocenters. The molecule has 3 aromatic rings. The van der Waals surface area contributed by atoms with Crippen molar-refractivity contribution in [2.24, 2.45) is 5.92 Å². The highest BCUT2D eigenvalue weighted by molar-refractivity contribution is 7.91. The van der Waals surface area contributed by atoms with Crippen LogP contribution in [0.1, 0.15) is 57.1 Å². The standard InChI is InChI=1S/C33H34F3N5O4S2/c1-2-26(33(34,35)36)45-27-12-9-22(19-38-27)31-39-28(24-5-3-4-6-25(24)30(42)40-32(20-37)13-14-32)29(46-31)21-7-10-23(11-8-21)41-15-17-47(43,44)18-16-41/h2,7-12,19,24-25H,3-6,13-18H2,1H3,(H,40,42)/b26-2-/t24-,25-/m1/s1. The normalized spacial score (nSPS) is 22.3. The summed E-state index contributed by atoms with van der Waals surface area (Å²) in [5.74, 6) is -1.85. The van der Waals surface area contributed by atoms with E-state index in [9.17, 15) is 31.6 Å². The van der Waals surface area contributed by atoms with Crippen LogP contribution in [-0.2, 0) is 14.6 Å². The molecule has 0 radical (unpaired) electrons. The molecule has 3 heterocycles. The van der Waals surface area contributed by atoms with E-state index in [2.05, 4.69) is 16.4 Å². The fraction of sp³-hybridized carbons (Fsp3) is 0.455. The lowest BCUT2D eigenvalue weighted by Gasteiger charge is -2.31. The third-order valence-corrected chi connectivity index (χ3v) is 11.8. The van der Waals surface area contributed by atoms with Gasteiger partial charge in [0.25, 0.3) is 0 Å². The number of amides is 1. The van der Waals surface area contributed by atoms with Crippen LogP contribution < -0.4 is 15.0 Å². The van der Waals surface area contributed by atoms with Gasteiger partial charge in [-0.3, -0.25) is 4.79 Å². The van der Waals surface area contributed by atoms with Gasteiger partial charge in [0.15, 0.2) is 9.84 Å². The molecule has 3 fully saturated rings. The predicted molar refractivity (Wildman–Crippen MR) is 173 cm³/mol. The first-order valence-electron chi connectivity index (χ1n) is 15.6. The average molecular weight is 686 g/mol. The number of benzene rings is 1. The average Bonchev–Trinajstić information content (AvgIpc) is 3.69. The van der Waals surface area contributed by atoms with E-state index in [1.165, 1.54) is 30.5 Å². The Labute approximate surface area is 275 Å². The number of aromatic nitrogens is 2. The number of pyridine rings is 1. The Kier molecular flexibility index (Phi) is 9.06. The van der Waals surface area contributed by atoms with Crippen molar-refractivity contribution in [2.75, 3.05) is 29.5 Å². The number of hydrogen-bond donors (Lipinski definition) is 1. The second kappa shape index (κ2) is 12.9. The van der Waals surface area contributed by atoms with Crippen molar-refractivity contribution in [1.29, 1.82) is 5.26 Å². The van der Waals surface area contributed by atoms with Gasteiger partial charge in [0.2, 0.25) is 17.5 Å². The maximum atomic E-state index is 13.6. The second-order valence-electron chi connectivity index (χ2n) is 12.2. The summed E-state index contributed by atoms with van der Waals surface area (Å²) in [7, 11) is -3.02. The lowest BCUT2D eigenvalue weighted by Crippen LogP contribution is -2.42. The number of alkyl halides is 3. The van der Waals surface area contributed by atoms with Crippen molar-refractivity contribution < 1.29 is 31.1 Å². The molecule has 1 amide bonds. The zero-order chi connectivity index (χ0) is 33.4. The number of allylic oxidation sites excluding steroid dienone is 2. The summed E-state index contributed by atoms with van der Waals surface area (Å²) < 4.78 is 68.4. The molecule has 9 nitrogen and oxygen atoms in total. The van der Waals surface area contributed by atoms with Gasteiger partial charge in [0.1, 0.15) is 10.5 Å². The van der Waals surface area contributed by atoms with E-state index >= 15 is 0 Å². The summed E-state index contributed by atoms with van der Waals surface area (Å²) in [6.45, 7) is 2.08. The smallest absolute Gasteiger partial charge is 0.434 e. The van der Waals surface area contributed by atoms with Crippen molar-refractivity contribution in [3.05, 3.63) is 60.1 Å². The van der Waals surface area contributed by atoms with E-state index in [1.807, 2.05) is 29.2 Å². The zero-order valence-corrected chi connectivity index (χ0v) is 27.3. The first-order chi connectivity index (χ1) is 22.4. The highest BCUT2D eigenvalue weighted by atomic mass is 32.2. The molecule has 2 saturated carbocycles. The highest BCUT2D eigenvalue weighted by Gasteiger charge is 2.47. The maximum Gasteiger partial charge on any atom is 0.449 e. The fourth-order valence-corrected chi connectivity index (χ4v) is 8.49. The third kappa shape index (κ3) is 7.31. The SMILES string of the molecule is C/C=C(\Oc1ccc(-c2nc([C@@H]3CCCC[C@H]3C(=O)NC3(C#N)CC3)c(-c3ccc(N4CCS(=O)(=O)CC4)cc3)s2)cn1)C(F)(F)F.